The molecular formula is C22H28N4O4. The van der Waals surface area contributed by atoms with E-state index in [-0.39, 0.29) is 18.7 Å². The quantitative estimate of drug-likeness (QED) is 0.702. The van der Waals surface area contributed by atoms with Crippen LogP contribution in [0.1, 0.15) is 64.8 Å². The fourth-order valence-electron chi connectivity index (χ4n) is 5.08. The molecular weight excluding hydrogens is 384 g/mol. The molecule has 4 rings (SSSR count). The minimum absolute atomic E-state index is 0.118. The van der Waals surface area contributed by atoms with Crippen LogP contribution in [0.4, 0.5) is 0 Å². The van der Waals surface area contributed by atoms with Crippen molar-refractivity contribution in [2.24, 2.45) is 0 Å². The van der Waals surface area contributed by atoms with Gasteiger partial charge in [-0.15, -0.1) is 0 Å². The third kappa shape index (κ3) is 3.54. The van der Waals surface area contributed by atoms with E-state index in [1.165, 1.54) is 12.8 Å². The van der Waals surface area contributed by atoms with Gasteiger partial charge in [0, 0.05) is 25.0 Å². The molecule has 0 radical (unpaired) electrons. The predicted octanol–water partition coefficient (Wildman–Crippen LogP) is 1.05. The van der Waals surface area contributed by atoms with Gasteiger partial charge in [0.05, 0.1) is 11.1 Å². The van der Waals surface area contributed by atoms with Gasteiger partial charge >= 0.3 is 0 Å². The highest BCUT2D eigenvalue weighted by Gasteiger charge is 2.45. The molecule has 1 saturated carbocycles. The highest BCUT2D eigenvalue weighted by molar-refractivity contribution is 6.24. The summed E-state index contributed by atoms with van der Waals surface area (Å²) in [6.45, 7) is 0.550. The number of carbonyl (C=O) groups excluding carboxylic acids is 4. The molecule has 0 aromatic heterocycles. The maximum atomic E-state index is 13.2. The lowest BCUT2D eigenvalue weighted by Gasteiger charge is -2.38. The molecule has 2 heterocycles. The zero-order valence-electron chi connectivity index (χ0n) is 17.4. The number of likely N-dealkylation sites (N-methyl/N-ethyl adjacent to an activating group) is 2. The van der Waals surface area contributed by atoms with Crippen LogP contribution in [0.25, 0.3) is 0 Å². The SMILES string of the molecule is CN[C@@H]1CCCC[C@H]1N(C)Cc1cccc2c1C(=O)N(C1CCC(=O)NC1=O)C2=O. The third-order valence-corrected chi connectivity index (χ3v) is 6.64. The average Bonchev–Trinajstić information content (AvgIpc) is 2.99. The summed E-state index contributed by atoms with van der Waals surface area (Å²) >= 11 is 0. The lowest BCUT2D eigenvalue weighted by Crippen LogP contribution is -2.54. The van der Waals surface area contributed by atoms with E-state index in [4.69, 9.17) is 0 Å². The zero-order chi connectivity index (χ0) is 21.4. The van der Waals surface area contributed by atoms with E-state index in [2.05, 4.69) is 22.6 Å². The molecule has 2 fully saturated rings. The van der Waals surface area contributed by atoms with Crippen LogP contribution in [0.5, 0.6) is 0 Å². The Balaban J connectivity index is 1.59. The van der Waals surface area contributed by atoms with E-state index in [0.717, 1.165) is 23.3 Å². The molecule has 8 nitrogen and oxygen atoms in total. The summed E-state index contributed by atoms with van der Waals surface area (Å²) in [5.41, 5.74) is 1.52. The summed E-state index contributed by atoms with van der Waals surface area (Å²) in [5.74, 6) is -1.86. The second-order valence-corrected chi connectivity index (χ2v) is 8.45. The standard InChI is InChI=1S/C22H28N4O4/c1-23-15-8-3-4-9-16(15)25(2)12-13-6-5-7-14-19(13)22(30)26(21(14)29)17-10-11-18(27)24-20(17)28/h5-7,15-17,23H,3-4,8-12H2,1-2H3,(H,24,27,28)/t15-,16-,17?/m1/s1. The van der Waals surface area contributed by atoms with Crippen molar-refractivity contribution in [2.75, 3.05) is 14.1 Å². The Morgan fingerprint density at radius 1 is 1.10 bits per heavy atom. The number of amides is 4. The minimum atomic E-state index is -0.937. The first-order chi connectivity index (χ1) is 14.4. The van der Waals surface area contributed by atoms with Gasteiger partial charge in [-0.3, -0.25) is 34.3 Å². The highest BCUT2D eigenvalue weighted by atomic mass is 16.2. The molecule has 1 unspecified atom stereocenters. The van der Waals surface area contributed by atoms with Crippen LogP contribution < -0.4 is 10.6 Å². The molecule has 0 bridgehead atoms. The molecule has 160 valence electrons. The molecule has 1 saturated heterocycles. The molecule has 1 aliphatic carbocycles. The van der Waals surface area contributed by atoms with Gasteiger partial charge in [-0.25, -0.2) is 0 Å². The Bertz CT molecular complexity index is 899. The number of rotatable bonds is 5. The maximum absolute atomic E-state index is 13.2. The van der Waals surface area contributed by atoms with Crippen molar-refractivity contribution in [3.05, 3.63) is 34.9 Å². The summed E-state index contributed by atoms with van der Waals surface area (Å²) in [7, 11) is 4.04. The van der Waals surface area contributed by atoms with Crippen molar-refractivity contribution >= 4 is 23.6 Å². The smallest absolute Gasteiger partial charge is 0.262 e. The molecule has 30 heavy (non-hydrogen) atoms. The molecule has 2 N–H and O–H groups in total. The number of hydrogen-bond acceptors (Lipinski definition) is 6. The number of fused-ring (bicyclic) bond motifs is 1. The number of nitrogens with zero attached hydrogens (tertiary/aromatic N) is 2. The van der Waals surface area contributed by atoms with Crippen LogP contribution in [-0.2, 0) is 16.1 Å². The number of benzene rings is 1. The van der Waals surface area contributed by atoms with Gasteiger partial charge in [0.15, 0.2) is 0 Å². The summed E-state index contributed by atoms with van der Waals surface area (Å²) in [6.07, 6.45) is 4.89. The van der Waals surface area contributed by atoms with Gasteiger partial charge in [-0.2, -0.15) is 0 Å². The van der Waals surface area contributed by atoms with E-state index >= 15 is 0 Å². The van der Waals surface area contributed by atoms with Crippen LogP contribution in [0.2, 0.25) is 0 Å². The monoisotopic (exact) mass is 412 g/mol. The van der Waals surface area contributed by atoms with E-state index in [9.17, 15) is 19.2 Å². The van der Waals surface area contributed by atoms with Crippen LogP contribution in [0.3, 0.4) is 0 Å². The normalized spacial score (nSPS) is 26.9. The predicted molar refractivity (Wildman–Crippen MR) is 110 cm³/mol. The molecule has 2 aliphatic heterocycles. The maximum Gasteiger partial charge on any atom is 0.262 e. The van der Waals surface area contributed by atoms with Crippen LogP contribution in [-0.4, -0.2) is 65.6 Å². The van der Waals surface area contributed by atoms with Gasteiger partial charge < -0.3 is 5.32 Å². The molecule has 4 amide bonds. The number of nitrogens with one attached hydrogen (secondary N) is 2. The van der Waals surface area contributed by atoms with Crippen molar-refractivity contribution in [3.8, 4) is 0 Å². The zero-order valence-corrected chi connectivity index (χ0v) is 17.4. The number of hydrogen-bond donors (Lipinski definition) is 2. The van der Waals surface area contributed by atoms with Gasteiger partial charge in [0.1, 0.15) is 6.04 Å². The van der Waals surface area contributed by atoms with Crippen molar-refractivity contribution in [3.63, 3.8) is 0 Å². The van der Waals surface area contributed by atoms with E-state index in [1.54, 1.807) is 12.1 Å². The Hall–Kier alpha value is -2.58. The summed E-state index contributed by atoms with van der Waals surface area (Å²) < 4.78 is 0. The van der Waals surface area contributed by atoms with Crippen molar-refractivity contribution in [2.45, 2.75) is 63.2 Å². The lowest BCUT2D eigenvalue weighted by molar-refractivity contribution is -0.136. The molecule has 0 spiro atoms. The number of carbonyl (C=O) groups is 4. The van der Waals surface area contributed by atoms with Crippen molar-refractivity contribution < 1.29 is 19.2 Å². The minimum Gasteiger partial charge on any atom is -0.315 e. The Kier molecular flexibility index (Phi) is 5.71. The van der Waals surface area contributed by atoms with E-state index < -0.39 is 23.8 Å². The average molecular weight is 412 g/mol. The van der Waals surface area contributed by atoms with Crippen molar-refractivity contribution in [1.29, 1.82) is 0 Å². The molecule has 8 heteroatoms. The van der Waals surface area contributed by atoms with E-state index in [1.807, 2.05) is 13.1 Å². The Labute approximate surface area is 176 Å². The molecule has 1 aromatic rings. The molecule has 3 atom stereocenters. The van der Waals surface area contributed by atoms with Gasteiger partial charge in [0.2, 0.25) is 11.8 Å². The third-order valence-electron chi connectivity index (χ3n) is 6.64. The Morgan fingerprint density at radius 3 is 2.60 bits per heavy atom. The highest BCUT2D eigenvalue weighted by Crippen LogP contribution is 2.31. The van der Waals surface area contributed by atoms with Crippen molar-refractivity contribution in [1.82, 2.24) is 20.4 Å². The fraction of sp³-hybridized carbons (Fsp3) is 0.545. The molecule has 3 aliphatic rings. The van der Waals surface area contributed by atoms with Gasteiger partial charge in [0.25, 0.3) is 11.8 Å². The second kappa shape index (κ2) is 8.28. The summed E-state index contributed by atoms with van der Waals surface area (Å²) in [4.78, 5) is 53.3. The fourth-order valence-corrected chi connectivity index (χ4v) is 5.08. The van der Waals surface area contributed by atoms with Crippen LogP contribution in [0, 0.1) is 0 Å². The topological polar surface area (TPSA) is 98.8 Å². The summed E-state index contributed by atoms with van der Waals surface area (Å²) in [5, 5.41) is 5.64. The van der Waals surface area contributed by atoms with Crippen LogP contribution in [0.15, 0.2) is 18.2 Å². The van der Waals surface area contributed by atoms with Gasteiger partial charge in [-0.05, 0) is 45.0 Å². The van der Waals surface area contributed by atoms with Crippen LogP contribution >= 0.6 is 0 Å². The lowest BCUT2D eigenvalue weighted by atomic mass is 9.89. The van der Waals surface area contributed by atoms with E-state index in [0.29, 0.717) is 29.8 Å². The molecule has 1 aromatic carbocycles. The first-order valence-electron chi connectivity index (χ1n) is 10.6. The number of piperidine rings is 1. The largest absolute Gasteiger partial charge is 0.315 e. The first-order valence-corrected chi connectivity index (χ1v) is 10.6. The first kappa shape index (κ1) is 20.7. The number of imide groups is 2. The summed E-state index contributed by atoms with van der Waals surface area (Å²) in [6, 6.07) is 5.13. The van der Waals surface area contributed by atoms with Gasteiger partial charge in [-0.1, -0.05) is 25.0 Å². The Morgan fingerprint density at radius 2 is 1.87 bits per heavy atom. The second-order valence-electron chi connectivity index (χ2n) is 8.45.